The fourth-order valence-corrected chi connectivity index (χ4v) is 2.18. The van der Waals surface area contributed by atoms with Crippen molar-refractivity contribution in [2.24, 2.45) is 11.8 Å². The number of urea groups is 1. The molecule has 108 valence electrons. The molecule has 0 bridgehead atoms. The number of nitrogens with one attached hydrogen (secondary N) is 1. The standard InChI is InChI=1S/C12H21N3O4/c1-8-6-15(7-9(8)11(17)18)12(19)14(3)5-4-10(16)13-2/h8-9H,4-7H2,1-3H3,(H,13,16)(H,17,18)/t8-,9-/m1/s1. The van der Waals surface area contributed by atoms with Crippen LogP contribution >= 0.6 is 0 Å². The molecule has 2 N–H and O–H groups in total. The minimum Gasteiger partial charge on any atom is -0.481 e. The first-order valence-electron chi connectivity index (χ1n) is 6.30. The molecular weight excluding hydrogens is 250 g/mol. The minimum absolute atomic E-state index is 0.0474. The quantitative estimate of drug-likeness (QED) is 0.742. The monoisotopic (exact) mass is 271 g/mol. The van der Waals surface area contributed by atoms with E-state index in [1.807, 2.05) is 6.92 Å². The Labute approximate surface area is 112 Å². The molecule has 2 atom stereocenters. The number of carbonyl (C=O) groups excluding carboxylic acids is 2. The van der Waals surface area contributed by atoms with Crippen LogP contribution in [-0.2, 0) is 9.59 Å². The zero-order chi connectivity index (χ0) is 14.6. The van der Waals surface area contributed by atoms with Gasteiger partial charge in [0.05, 0.1) is 5.92 Å². The number of carboxylic acids is 1. The van der Waals surface area contributed by atoms with Crippen LogP contribution in [0.4, 0.5) is 4.79 Å². The average molecular weight is 271 g/mol. The number of aliphatic carboxylic acids is 1. The number of carboxylic acid groups (broad SMARTS) is 1. The maximum Gasteiger partial charge on any atom is 0.319 e. The van der Waals surface area contributed by atoms with Crippen molar-refractivity contribution in [2.45, 2.75) is 13.3 Å². The summed E-state index contributed by atoms with van der Waals surface area (Å²) in [6, 6.07) is -0.223. The van der Waals surface area contributed by atoms with E-state index in [0.29, 0.717) is 13.1 Å². The van der Waals surface area contributed by atoms with E-state index in [0.717, 1.165) is 0 Å². The highest BCUT2D eigenvalue weighted by molar-refractivity contribution is 5.79. The third kappa shape index (κ3) is 3.84. The molecule has 0 unspecified atom stereocenters. The van der Waals surface area contributed by atoms with Crippen LogP contribution in [0.15, 0.2) is 0 Å². The van der Waals surface area contributed by atoms with Gasteiger partial charge in [-0.1, -0.05) is 6.92 Å². The summed E-state index contributed by atoms with van der Waals surface area (Å²) in [5, 5.41) is 11.5. The van der Waals surface area contributed by atoms with Crippen molar-refractivity contribution < 1.29 is 19.5 Å². The lowest BCUT2D eigenvalue weighted by molar-refractivity contribution is -0.142. The molecule has 1 fully saturated rings. The third-order valence-corrected chi connectivity index (χ3v) is 3.48. The van der Waals surface area contributed by atoms with Crippen LogP contribution in [0, 0.1) is 11.8 Å². The number of hydrogen-bond donors (Lipinski definition) is 2. The molecule has 0 aromatic heterocycles. The summed E-state index contributed by atoms with van der Waals surface area (Å²) in [6.45, 7) is 2.83. The predicted octanol–water partition coefficient (Wildman–Crippen LogP) is -0.173. The van der Waals surface area contributed by atoms with E-state index < -0.39 is 11.9 Å². The van der Waals surface area contributed by atoms with Crippen molar-refractivity contribution in [3.05, 3.63) is 0 Å². The molecule has 1 heterocycles. The van der Waals surface area contributed by atoms with Crippen LogP contribution in [0.1, 0.15) is 13.3 Å². The molecule has 0 aliphatic carbocycles. The number of nitrogens with zero attached hydrogens (tertiary/aromatic N) is 2. The maximum absolute atomic E-state index is 12.1. The predicted molar refractivity (Wildman–Crippen MR) is 68.6 cm³/mol. The Morgan fingerprint density at radius 1 is 1.37 bits per heavy atom. The largest absolute Gasteiger partial charge is 0.481 e. The van der Waals surface area contributed by atoms with Crippen LogP contribution < -0.4 is 5.32 Å². The van der Waals surface area contributed by atoms with Gasteiger partial charge in [0.15, 0.2) is 0 Å². The molecule has 1 aliphatic rings. The molecule has 0 aromatic carbocycles. The van der Waals surface area contributed by atoms with Gasteiger partial charge in [-0.2, -0.15) is 0 Å². The van der Waals surface area contributed by atoms with Gasteiger partial charge in [-0.3, -0.25) is 9.59 Å². The van der Waals surface area contributed by atoms with Crippen LogP contribution in [0.25, 0.3) is 0 Å². The van der Waals surface area contributed by atoms with Gasteiger partial charge in [-0.05, 0) is 5.92 Å². The van der Waals surface area contributed by atoms with Crippen LogP contribution in [-0.4, -0.2) is 66.5 Å². The normalized spacial score (nSPS) is 22.2. The zero-order valence-electron chi connectivity index (χ0n) is 11.5. The number of carbonyl (C=O) groups is 3. The van der Waals surface area contributed by atoms with Gasteiger partial charge in [-0.15, -0.1) is 0 Å². The molecule has 0 aromatic rings. The second-order valence-electron chi connectivity index (χ2n) is 4.95. The number of amides is 3. The van der Waals surface area contributed by atoms with Gasteiger partial charge >= 0.3 is 12.0 Å². The molecule has 0 spiro atoms. The maximum atomic E-state index is 12.1. The fraction of sp³-hybridized carbons (Fsp3) is 0.750. The summed E-state index contributed by atoms with van der Waals surface area (Å²) in [6.07, 6.45) is 0.241. The van der Waals surface area contributed by atoms with Crippen molar-refractivity contribution in [1.29, 1.82) is 0 Å². The van der Waals surface area contributed by atoms with Crippen molar-refractivity contribution in [1.82, 2.24) is 15.1 Å². The van der Waals surface area contributed by atoms with Crippen molar-refractivity contribution in [2.75, 3.05) is 33.7 Å². The van der Waals surface area contributed by atoms with E-state index in [1.54, 1.807) is 14.1 Å². The summed E-state index contributed by atoms with van der Waals surface area (Å²) < 4.78 is 0. The van der Waals surface area contributed by atoms with Gasteiger partial charge in [0, 0.05) is 40.2 Å². The summed E-state index contributed by atoms with van der Waals surface area (Å²) in [7, 11) is 3.16. The van der Waals surface area contributed by atoms with E-state index in [1.165, 1.54) is 9.80 Å². The van der Waals surface area contributed by atoms with Gasteiger partial charge in [0.25, 0.3) is 0 Å². The SMILES string of the molecule is CNC(=O)CCN(C)C(=O)N1C[C@@H](C)[C@H](C(=O)O)C1. The lowest BCUT2D eigenvalue weighted by Crippen LogP contribution is -2.41. The third-order valence-electron chi connectivity index (χ3n) is 3.48. The summed E-state index contributed by atoms with van der Waals surface area (Å²) >= 11 is 0. The van der Waals surface area contributed by atoms with Crippen LogP contribution in [0.3, 0.4) is 0 Å². The Bertz CT molecular complexity index is 372. The van der Waals surface area contributed by atoms with E-state index in [4.69, 9.17) is 5.11 Å². The number of likely N-dealkylation sites (tertiary alicyclic amines) is 1. The minimum atomic E-state index is -0.865. The lowest BCUT2D eigenvalue weighted by Gasteiger charge is -2.24. The highest BCUT2D eigenvalue weighted by Crippen LogP contribution is 2.23. The molecule has 1 aliphatic heterocycles. The Morgan fingerprint density at radius 3 is 2.47 bits per heavy atom. The Hall–Kier alpha value is -1.79. The highest BCUT2D eigenvalue weighted by Gasteiger charge is 2.37. The highest BCUT2D eigenvalue weighted by atomic mass is 16.4. The molecule has 1 rings (SSSR count). The first kappa shape index (κ1) is 15.3. The average Bonchev–Trinajstić information content (AvgIpc) is 2.76. The first-order chi connectivity index (χ1) is 8.86. The topological polar surface area (TPSA) is 90.0 Å². The van der Waals surface area contributed by atoms with Crippen molar-refractivity contribution in [3.8, 4) is 0 Å². The number of rotatable bonds is 4. The van der Waals surface area contributed by atoms with Crippen molar-refractivity contribution in [3.63, 3.8) is 0 Å². The van der Waals surface area contributed by atoms with Gasteiger partial charge in [0.1, 0.15) is 0 Å². The second-order valence-corrected chi connectivity index (χ2v) is 4.95. The van der Waals surface area contributed by atoms with E-state index >= 15 is 0 Å². The first-order valence-corrected chi connectivity index (χ1v) is 6.30. The molecule has 7 heteroatoms. The smallest absolute Gasteiger partial charge is 0.319 e. The molecular formula is C12H21N3O4. The molecule has 19 heavy (non-hydrogen) atoms. The van der Waals surface area contributed by atoms with E-state index in [9.17, 15) is 14.4 Å². The fourth-order valence-electron chi connectivity index (χ4n) is 2.18. The second kappa shape index (κ2) is 6.40. The number of hydrogen-bond acceptors (Lipinski definition) is 3. The lowest BCUT2D eigenvalue weighted by atomic mass is 9.99. The molecule has 0 radical (unpaired) electrons. The molecule has 0 saturated carbocycles. The van der Waals surface area contributed by atoms with Crippen LogP contribution in [0.2, 0.25) is 0 Å². The Kier molecular flexibility index (Phi) is 5.14. The van der Waals surface area contributed by atoms with Crippen molar-refractivity contribution >= 4 is 17.9 Å². The Balaban J connectivity index is 2.50. The molecule has 1 saturated heterocycles. The zero-order valence-corrected chi connectivity index (χ0v) is 11.5. The summed E-state index contributed by atoms with van der Waals surface area (Å²) in [5.74, 6) is -1.54. The van der Waals surface area contributed by atoms with Gasteiger partial charge < -0.3 is 20.2 Å². The molecule has 7 nitrogen and oxygen atoms in total. The summed E-state index contributed by atoms with van der Waals surface area (Å²) in [5.41, 5.74) is 0. The van der Waals surface area contributed by atoms with E-state index in [2.05, 4.69) is 5.32 Å². The van der Waals surface area contributed by atoms with Gasteiger partial charge in [-0.25, -0.2) is 4.79 Å². The van der Waals surface area contributed by atoms with E-state index in [-0.39, 0.29) is 30.8 Å². The molecule has 3 amide bonds. The van der Waals surface area contributed by atoms with Gasteiger partial charge in [0.2, 0.25) is 5.91 Å². The Morgan fingerprint density at radius 2 is 2.00 bits per heavy atom. The summed E-state index contributed by atoms with van der Waals surface area (Å²) in [4.78, 5) is 37.2. The van der Waals surface area contributed by atoms with Crippen LogP contribution in [0.5, 0.6) is 0 Å².